The fourth-order valence-electron chi connectivity index (χ4n) is 8.69. The highest BCUT2D eigenvalue weighted by molar-refractivity contribution is 7.44. The van der Waals surface area contributed by atoms with Gasteiger partial charge in [-0.15, -0.1) is 0 Å². The summed E-state index contributed by atoms with van der Waals surface area (Å²) in [5, 5.41) is 22.8. The molecule has 1 aliphatic heterocycles. The number of nitriles is 2. The summed E-state index contributed by atoms with van der Waals surface area (Å²) in [4.78, 5) is 41.9. The minimum absolute atomic E-state index is 0.00555. The van der Waals surface area contributed by atoms with Crippen LogP contribution in [0.2, 0.25) is 0 Å². The first-order valence-electron chi connectivity index (χ1n) is 23.2. The molecule has 7 aromatic rings. The van der Waals surface area contributed by atoms with Crippen LogP contribution in [0.3, 0.4) is 0 Å². The molecule has 17 heteroatoms. The fourth-order valence-corrected chi connectivity index (χ4v) is 10.4. The molecule has 0 spiro atoms. The van der Waals surface area contributed by atoms with Crippen molar-refractivity contribution in [3.63, 3.8) is 0 Å². The molecule has 1 N–H and O–H groups in total. The molecule has 5 aromatic carbocycles. The summed E-state index contributed by atoms with van der Waals surface area (Å²) in [6, 6.07) is 44.8. The average molecular weight is 973 g/mol. The smallest absolute Gasteiger partial charge is 0.344 e. The standard InChI is InChI=1S/C54H53N8O8P/c1-36(2)62(37(3)4)71(67-30-16-29-55)70-46-31-48(68-47(46)33-66-52(63)43-22-13-14-23-44(43)53(64)69-45-24-15-12-17-38(45)32-56)61-35-59-49-50(57-34-58-51(49)61)60-54(39-18-8-6-9-19-39,40-20-10-7-11-21-40)41-25-27-42(65-5)28-26-41/h6-15,17-28,34-37,46-48H,16,30-31,33H2,1-5H3,(H,57,58,60)/t46?,47-,48-,71?/m1/s1. The third-order valence-corrected chi connectivity index (χ3v) is 14.1. The quantitative estimate of drug-likeness (QED) is 0.0249. The van der Waals surface area contributed by atoms with Gasteiger partial charge in [-0.2, -0.15) is 10.5 Å². The van der Waals surface area contributed by atoms with Crippen LogP contribution in [0.15, 0.2) is 146 Å². The van der Waals surface area contributed by atoms with E-state index in [1.54, 1.807) is 37.7 Å². The molecule has 362 valence electrons. The van der Waals surface area contributed by atoms with Gasteiger partial charge in [0.15, 0.2) is 17.0 Å². The first-order chi connectivity index (χ1) is 34.6. The van der Waals surface area contributed by atoms with Crippen LogP contribution >= 0.6 is 8.53 Å². The molecule has 0 aliphatic carbocycles. The Morgan fingerprint density at radius 2 is 1.44 bits per heavy atom. The molecule has 8 rings (SSSR count). The Kier molecular flexibility index (Phi) is 16.1. The van der Waals surface area contributed by atoms with Gasteiger partial charge in [0.2, 0.25) is 0 Å². The van der Waals surface area contributed by atoms with Crippen LogP contribution in [-0.2, 0) is 24.1 Å². The first kappa shape index (κ1) is 49.8. The third kappa shape index (κ3) is 10.9. The number of para-hydroxylation sites is 1. The van der Waals surface area contributed by atoms with E-state index in [0.29, 0.717) is 22.7 Å². The molecule has 1 fully saturated rings. The Morgan fingerprint density at radius 1 is 0.817 bits per heavy atom. The van der Waals surface area contributed by atoms with Gasteiger partial charge in [0.25, 0.3) is 8.53 Å². The first-order valence-corrected chi connectivity index (χ1v) is 24.3. The molecule has 0 saturated carbocycles. The van der Waals surface area contributed by atoms with Crippen molar-refractivity contribution in [3.05, 3.63) is 179 Å². The summed E-state index contributed by atoms with van der Waals surface area (Å²) >= 11 is 0. The average Bonchev–Trinajstić information content (AvgIpc) is 4.02. The van der Waals surface area contributed by atoms with Crippen molar-refractivity contribution in [3.8, 4) is 23.6 Å². The SMILES string of the molecule is COc1ccc(C(Nc2ncnc3c2ncn3[C@H]2CC(OP(OCCC#N)N(C(C)C)C(C)C)[C@@H](COC(=O)c3ccccc3C(=O)Oc3ccccc3C#N)O2)(c2ccccc2)c2ccccc2)cc1. The number of carbonyl (C=O) groups is 2. The predicted octanol–water partition coefficient (Wildman–Crippen LogP) is 10.1. The molecule has 0 radical (unpaired) electrons. The van der Waals surface area contributed by atoms with Crippen LogP contribution in [0.25, 0.3) is 11.2 Å². The lowest BCUT2D eigenvalue weighted by Gasteiger charge is -2.37. The van der Waals surface area contributed by atoms with Crippen molar-refractivity contribution in [2.45, 2.75) is 76.6 Å². The van der Waals surface area contributed by atoms with Crippen molar-refractivity contribution in [1.82, 2.24) is 24.2 Å². The molecule has 16 nitrogen and oxygen atoms in total. The van der Waals surface area contributed by atoms with E-state index in [1.807, 2.05) is 99.0 Å². The minimum atomic E-state index is -1.76. The monoisotopic (exact) mass is 972 g/mol. The Bertz CT molecular complexity index is 2970. The summed E-state index contributed by atoms with van der Waals surface area (Å²) in [5.41, 5.74) is 2.88. The number of imidazole rings is 1. The third-order valence-electron chi connectivity index (χ3n) is 11.9. The second kappa shape index (κ2) is 22.9. The summed E-state index contributed by atoms with van der Waals surface area (Å²) in [6.07, 6.45) is 1.26. The number of nitrogens with one attached hydrogen (secondary N) is 1. The number of benzene rings is 5. The van der Waals surface area contributed by atoms with Crippen LogP contribution < -0.4 is 14.8 Å². The topological polar surface area (TPSA) is 196 Å². The summed E-state index contributed by atoms with van der Waals surface area (Å²) in [7, 11) is -0.121. The molecule has 2 unspecified atom stereocenters. The van der Waals surface area contributed by atoms with Gasteiger partial charge in [0, 0.05) is 18.5 Å². The van der Waals surface area contributed by atoms with E-state index in [-0.39, 0.29) is 60.6 Å². The zero-order chi connectivity index (χ0) is 49.9. The number of carbonyl (C=O) groups excluding carboxylic acids is 2. The number of hydrogen-bond acceptors (Lipinski definition) is 15. The van der Waals surface area contributed by atoms with Crippen molar-refractivity contribution in [1.29, 1.82) is 10.5 Å². The summed E-state index contributed by atoms with van der Waals surface area (Å²) in [6.45, 7) is 8.04. The van der Waals surface area contributed by atoms with Gasteiger partial charge in [0.05, 0.1) is 55.3 Å². The Morgan fingerprint density at radius 3 is 2.07 bits per heavy atom. The van der Waals surface area contributed by atoms with Crippen LogP contribution in [0, 0.1) is 22.7 Å². The zero-order valence-corrected chi connectivity index (χ0v) is 40.8. The molecule has 3 heterocycles. The van der Waals surface area contributed by atoms with Crippen molar-refractivity contribution >= 4 is 37.4 Å². The van der Waals surface area contributed by atoms with Crippen molar-refractivity contribution < 1.29 is 37.6 Å². The second-order valence-electron chi connectivity index (χ2n) is 17.1. The molecule has 4 atom stereocenters. The molecule has 2 aromatic heterocycles. The number of fused-ring (bicyclic) bond motifs is 1. The van der Waals surface area contributed by atoms with Crippen molar-refractivity contribution in [2.24, 2.45) is 0 Å². The van der Waals surface area contributed by atoms with E-state index in [4.69, 9.17) is 42.9 Å². The lowest BCUT2D eigenvalue weighted by molar-refractivity contribution is -0.0490. The van der Waals surface area contributed by atoms with Gasteiger partial charge in [-0.25, -0.2) is 29.2 Å². The second-order valence-corrected chi connectivity index (χ2v) is 18.5. The van der Waals surface area contributed by atoms with Gasteiger partial charge >= 0.3 is 11.9 Å². The number of anilines is 1. The van der Waals surface area contributed by atoms with E-state index in [0.717, 1.165) is 16.7 Å². The normalized spacial score (nSPS) is 16.1. The van der Waals surface area contributed by atoms with Crippen LogP contribution in [0.4, 0.5) is 5.82 Å². The molecule has 1 saturated heterocycles. The number of nitrogens with zero attached hydrogens (tertiary/aromatic N) is 7. The Labute approximate surface area is 413 Å². The lowest BCUT2D eigenvalue weighted by atomic mass is 9.77. The van der Waals surface area contributed by atoms with Gasteiger partial charge in [-0.05, 0) is 80.8 Å². The summed E-state index contributed by atoms with van der Waals surface area (Å²) in [5.74, 6) is -0.406. The molecule has 1 aliphatic rings. The van der Waals surface area contributed by atoms with E-state index in [1.165, 1.54) is 30.6 Å². The number of methoxy groups -OCH3 is 1. The largest absolute Gasteiger partial charge is 0.497 e. The molecular weight excluding hydrogens is 920 g/mol. The van der Waals surface area contributed by atoms with Crippen LogP contribution in [-0.4, -0.2) is 80.7 Å². The minimum Gasteiger partial charge on any atom is -0.497 e. The van der Waals surface area contributed by atoms with Crippen molar-refractivity contribution in [2.75, 3.05) is 25.6 Å². The molecule has 0 bridgehead atoms. The van der Waals surface area contributed by atoms with E-state index in [2.05, 4.69) is 40.3 Å². The highest BCUT2D eigenvalue weighted by atomic mass is 31.2. The highest BCUT2D eigenvalue weighted by Gasteiger charge is 2.43. The molecule has 0 amide bonds. The maximum absolute atomic E-state index is 14.0. The van der Waals surface area contributed by atoms with Crippen LogP contribution in [0.5, 0.6) is 11.5 Å². The van der Waals surface area contributed by atoms with E-state index < -0.39 is 44.4 Å². The molecular formula is C54H53N8O8P. The van der Waals surface area contributed by atoms with E-state index in [9.17, 15) is 20.1 Å². The number of rotatable bonds is 20. The van der Waals surface area contributed by atoms with Crippen LogP contribution in [0.1, 0.15) is 89.7 Å². The van der Waals surface area contributed by atoms with Gasteiger partial charge in [-0.1, -0.05) is 97.1 Å². The Hall–Kier alpha value is -7.56. The zero-order valence-electron chi connectivity index (χ0n) is 39.9. The number of ether oxygens (including phenoxy) is 4. The Balaban J connectivity index is 1.13. The fraction of sp³-hybridized carbons (Fsp3) is 0.278. The van der Waals surface area contributed by atoms with Gasteiger partial charge in [-0.3, -0.25) is 4.57 Å². The van der Waals surface area contributed by atoms with Gasteiger partial charge < -0.3 is 33.3 Å². The maximum atomic E-state index is 14.0. The van der Waals surface area contributed by atoms with E-state index >= 15 is 0 Å². The highest BCUT2D eigenvalue weighted by Crippen LogP contribution is 2.50. The lowest BCUT2D eigenvalue weighted by Crippen LogP contribution is -2.38. The number of esters is 2. The number of aromatic nitrogens is 4. The molecule has 71 heavy (non-hydrogen) atoms. The predicted molar refractivity (Wildman–Crippen MR) is 266 cm³/mol. The maximum Gasteiger partial charge on any atom is 0.344 e. The number of hydrogen-bond donors (Lipinski definition) is 1. The summed E-state index contributed by atoms with van der Waals surface area (Å²) < 4.78 is 41.0. The van der Waals surface area contributed by atoms with Gasteiger partial charge in [0.1, 0.15) is 48.4 Å².